The van der Waals surface area contributed by atoms with E-state index in [0.717, 1.165) is 25.7 Å². The van der Waals surface area contributed by atoms with Gasteiger partial charge in [0.1, 0.15) is 18.8 Å². The molecule has 0 aromatic heterocycles. The third kappa shape index (κ3) is 5.03. The molecule has 0 spiro atoms. The van der Waals surface area contributed by atoms with Crippen LogP contribution in [0.4, 0.5) is 0 Å². The molecule has 258 valence electrons. The van der Waals surface area contributed by atoms with Gasteiger partial charge in [-0.15, -0.1) is 0 Å². The number of amides is 1. The summed E-state index contributed by atoms with van der Waals surface area (Å²) in [5.74, 6) is -1.79. The monoisotopic (exact) mass is 644 g/mol. The third-order valence-electron chi connectivity index (χ3n) is 14.3. The third-order valence-corrected chi connectivity index (χ3v) is 14.3. The molecule has 1 amide bonds. The lowest BCUT2D eigenvalue weighted by molar-refractivity contribution is -0.262. The van der Waals surface area contributed by atoms with E-state index in [-0.39, 0.29) is 41.7 Å². The number of carbonyl (C=O) groups excluding carboxylic acids is 3. The molecule has 1 heterocycles. The van der Waals surface area contributed by atoms with Crippen LogP contribution in [0, 0.1) is 56.7 Å². The fraction of sp³-hybridized carbons (Fsp3) is 0.833. The van der Waals surface area contributed by atoms with E-state index in [1.807, 2.05) is 0 Å². The maximum absolute atomic E-state index is 13.3. The molecule has 5 aliphatic rings. The van der Waals surface area contributed by atoms with E-state index in [2.05, 4.69) is 59.9 Å². The van der Waals surface area contributed by atoms with Crippen LogP contribution in [-0.4, -0.2) is 67.4 Å². The summed E-state index contributed by atoms with van der Waals surface area (Å²) in [4.78, 5) is 50.5. The Bertz CT molecular complexity index is 1300. The van der Waals surface area contributed by atoms with Crippen molar-refractivity contribution in [2.24, 2.45) is 62.4 Å². The normalized spacial score (nSPS) is 43.6. The minimum atomic E-state index is -0.747. The van der Waals surface area contributed by atoms with Crippen molar-refractivity contribution in [2.45, 2.75) is 106 Å². The molecule has 4 fully saturated rings. The summed E-state index contributed by atoms with van der Waals surface area (Å²) in [7, 11) is 0. The topological polar surface area (TPSA) is 154 Å². The predicted molar refractivity (Wildman–Crippen MR) is 171 cm³/mol. The number of nitrogens with two attached hydrogens (primary N) is 1. The van der Waals surface area contributed by atoms with Crippen LogP contribution >= 0.6 is 0 Å². The molecule has 0 unspecified atom stereocenters. The average molecular weight is 645 g/mol. The molecule has 4 aliphatic carbocycles. The average Bonchev–Trinajstić information content (AvgIpc) is 2.97. The first-order valence-electron chi connectivity index (χ1n) is 17.3. The van der Waals surface area contributed by atoms with Crippen LogP contribution in [0.15, 0.2) is 11.6 Å². The lowest BCUT2D eigenvalue weighted by Crippen LogP contribution is -2.70. The van der Waals surface area contributed by atoms with Gasteiger partial charge in [0.25, 0.3) is 0 Å². The van der Waals surface area contributed by atoms with Crippen LogP contribution in [0.3, 0.4) is 0 Å². The van der Waals surface area contributed by atoms with E-state index < -0.39 is 58.2 Å². The van der Waals surface area contributed by atoms with E-state index >= 15 is 0 Å². The van der Waals surface area contributed by atoms with Gasteiger partial charge in [-0.3, -0.25) is 19.2 Å². The smallest absolute Gasteiger partial charge is 0.325 e. The van der Waals surface area contributed by atoms with Gasteiger partial charge in [0.15, 0.2) is 0 Å². The second-order valence-electron chi connectivity index (χ2n) is 16.6. The summed E-state index contributed by atoms with van der Waals surface area (Å²) in [5, 5.41) is 13.4. The zero-order valence-corrected chi connectivity index (χ0v) is 29.1. The Kier molecular flexibility index (Phi) is 9.02. The molecule has 11 atom stereocenters. The van der Waals surface area contributed by atoms with Crippen molar-refractivity contribution in [3.63, 3.8) is 0 Å². The Labute approximate surface area is 273 Å². The summed E-state index contributed by atoms with van der Waals surface area (Å²) >= 11 is 0. The van der Waals surface area contributed by atoms with E-state index in [1.54, 1.807) is 0 Å². The number of carbonyl (C=O) groups is 4. The van der Waals surface area contributed by atoms with Gasteiger partial charge in [0.2, 0.25) is 5.91 Å². The van der Waals surface area contributed by atoms with Crippen LogP contribution in [-0.2, 0) is 33.4 Å². The number of ether oxygens (including phenoxy) is 3. The molecule has 2 bridgehead atoms. The molecule has 10 nitrogen and oxygen atoms in total. The van der Waals surface area contributed by atoms with Crippen molar-refractivity contribution < 1.29 is 38.5 Å². The quantitative estimate of drug-likeness (QED) is 0.256. The van der Waals surface area contributed by atoms with Crippen LogP contribution in [0.1, 0.15) is 93.9 Å². The Balaban J connectivity index is 1.55. The molecule has 5 rings (SSSR count). The van der Waals surface area contributed by atoms with E-state index in [9.17, 15) is 24.3 Å². The number of hydrogen-bond acceptors (Lipinski definition) is 8. The van der Waals surface area contributed by atoms with Gasteiger partial charge in [-0.05, 0) is 78.4 Å². The van der Waals surface area contributed by atoms with Gasteiger partial charge in [0, 0.05) is 17.8 Å². The molecular formula is C36H56N2O8. The Morgan fingerprint density at radius 1 is 1.04 bits per heavy atom. The Morgan fingerprint density at radius 2 is 1.74 bits per heavy atom. The molecular weight excluding hydrogens is 588 g/mol. The first kappa shape index (κ1) is 34.9. The SMILES string of the molecule is CC(=O)O[C@@H]1C[C@@]23COC[C@](C)([C@@H]2CC[C@H]2C3=CC[C@@]3(C)[C@H](C(=O)O)[C@@](C)([C@H](C)C(C)C)CC[C@]23C)[C@H]1OC(=O)CNC(=O)CN. The Morgan fingerprint density at radius 3 is 2.35 bits per heavy atom. The lowest BCUT2D eigenvalue weighted by Gasteiger charge is -2.71. The Hall–Kier alpha value is -2.46. The number of aliphatic carboxylic acids is 1. The number of rotatable bonds is 8. The number of allylic oxidation sites excluding steroid dienone is 1. The number of esters is 2. The molecule has 3 saturated carbocycles. The minimum Gasteiger partial charge on any atom is -0.481 e. The number of fused-ring (bicyclic) bond motifs is 3. The summed E-state index contributed by atoms with van der Waals surface area (Å²) in [6.07, 6.45) is 5.62. The molecule has 0 radical (unpaired) electrons. The van der Waals surface area contributed by atoms with Crippen LogP contribution in [0.2, 0.25) is 0 Å². The summed E-state index contributed by atoms with van der Waals surface area (Å²) < 4.78 is 18.4. The fourth-order valence-electron chi connectivity index (χ4n) is 11.5. The van der Waals surface area contributed by atoms with Crippen molar-refractivity contribution >= 4 is 23.8 Å². The van der Waals surface area contributed by atoms with E-state index in [0.29, 0.717) is 32.0 Å². The number of carboxylic acid groups (broad SMARTS) is 1. The zero-order valence-electron chi connectivity index (χ0n) is 29.1. The molecule has 0 aromatic rings. The summed E-state index contributed by atoms with van der Waals surface area (Å²) in [5.41, 5.74) is 4.61. The highest BCUT2D eigenvalue weighted by atomic mass is 16.6. The summed E-state index contributed by atoms with van der Waals surface area (Å²) in [6, 6.07) is 0. The van der Waals surface area contributed by atoms with Gasteiger partial charge in [0.05, 0.1) is 25.7 Å². The lowest BCUT2D eigenvalue weighted by atomic mass is 9.34. The van der Waals surface area contributed by atoms with Crippen molar-refractivity contribution in [3.05, 3.63) is 11.6 Å². The molecule has 10 heteroatoms. The highest BCUT2D eigenvalue weighted by Gasteiger charge is 2.72. The van der Waals surface area contributed by atoms with Gasteiger partial charge < -0.3 is 30.4 Å². The number of carboxylic acids is 1. The van der Waals surface area contributed by atoms with Gasteiger partial charge in [-0.25, -0.2) is 0 Å². The van der Waals surface area contributed by atoms with Crippen molar-refractivity contribution in [3.8, 4) is 0 Å². The number of nitrogens with one attached hydrogen (secondary N) is 1. The van der Waals surface area contributed by atoms with Crippen molar-refractivity contribution in [1.29, 1.82) is 0 Å². The number of hydrogen-bond donors (Lipinski definition) is 3. The predicted octanol–water partition coefficient (Wildman–Crippen LogP) is 4.49. The highest BCUT2D eigenvalue weighted by molar-refractivity contribution is 5.83. The van der Waals surface area contributed by atoms with Crippen LogP contribution in [0.25, 0.3) is 0 Å². The summed E-state index contributed by atoms with van der Waals surface area (Å²) in [6.45, 7) is 17.1. The maximum Gasteiger partial charge on any atom is 0.325 e. The molecule has 4 N–H and O–H groups in total. The van der Waals surface area contributed by atoms with Gasteiger partial charge in [-0.1, -0.05) is 60.1 Å². The van der Waals surface area contributed by atoms with Crippen molar-refractivity contribution in [1.82, 2.24) is 5.32 Å². The van der Waals surface area contributed by atoms with Crippen LogP contribution < -0.4 is 11.1 Å². The van der Waals surface area contributed by atoms with Gasteiger partial charge >= 0.3 is 17.9 Å². The van der Waals surface area contributed by atoms with E-state index in [1.165, 1.54) is 12.5 Å². The second kappa shape index (κ2) is 11.9. The first-order chi connectivity index (χ1) is 21.4. The van der Waals surface area contributed by atoms with Gasteiger partial charge in [-0.2, -0.15) is 0 Å². The minimum absolute atomic E-state index is 0.109. The first-order valence-corrected chi connectivity index (χ1v) is 17.3. The standard InChI is InChI=1S/C36H56N2O8/c1-20(2)21(3)32(5)13-14-34(7)23-9-10-26-33(6)18-44-19-36(26,24(23)11-12-35(34,8)29(32)31(42)43)15-25(45-22(4)39)30(33)46-28(41)17-38-27(40)16-37/h11,20-21,23,25-26,29-30H,9-10,12-19,37H2,1-8H3,(H,38,40)(H,42,43)/t21-,23+,25-,26+,29-,30+,32-,33-,34-,35+,36+/m1/s1. The second-order valence-corrected chi connectivity index (χ2v) is 16.6. The van der Waals surface area contributed by atoms with Crippen molar-refractivity contribution in [2.75, 3.05) is 26.3 Å². The van der Waals surface area contributed by atoms with Crippen LogP contribution in [0.5, 0.6) is 0 Å². The highest BCUT2D eigenvalue weighted by Crippen LogP contribution is 2.75. The fourth-order valence-corrected chi connectivity index (χ4v) is 11.5. The molecule has 1 aliphatic heterocycles. The molecule has 46 heavy (non-hydrogen) atoms. The largest absolute Gasteiger partial charge is 0.481 e. The molecule has 1 saturated heterocycles. The zero-order chi connectivity index (χ0) is 34.0. The molecule has 0 aromatic carbocycles. The van der Waals surface area contributed by atoms with E-state index in [4.69, 9.17) is 19.9 Å². The maximum atomic E-state index is 13.3.